The molecule has 134 valence electrons. The molecule has 5 nitrogen and oxygen atoms in total. The first-order valence-electron chi connectivity index (χ1n) is 8.74. The maximum Gasteiger partial charge on any atom is 0.224 e. The van der Waals surface area contributed by atoms with E-state index in [1.165, 1.54) is 9.87 Å². The molecule has 1 aromatic carbocycles. The molecule has 1 saturated heterocycles. The monoisotopic (exact) mass is 352 g/mol. The molecule has 1 heterocycles. The lowest BCUT2D eigenvalue weighted by atomic mass is 9.97. The van der Waals surface area contributed by atoms with Gasteiger partial charge < -0.3 is 5.32 Å². The number of amides is 1. The number of piperidine rings is 1. The Morgan fingerprint density at radius 2 is 1.96 bits per heavy atom. The van der Waals surface area contributed by atoms with Gasteiger partial charge in [-0.1, -0.05) is 31.2 Å². The summed E-state index contributed by atoms with van der Waals surface area (Å²) in [5.74, 6) is -0.239. The molecule has 0 bridgehead atoms. The first kappa shape index (κ1) is 18.9. The zero-order chi connectivity index (χ0) is 17.7. The first-order valence-corrected chi connectivity index (χ1v) is 10.3. The Morgan fingerprint density at radius 3 is 2.54 bits per heavy atom. The topological polar surface area (TPSA) is 66.5 Å². The summed E-state index contributed by atoms with van der Waals surface area (Å²) in [7, 11) is -3.22. The highest BCUT2D eigenvalue weighted by Crippen LogP contribution is 2.21. The summed E-state index contributed by atoms with van der Waals surface area (Å²) in [4.78, 5) is 12.5. The minimum absolute atomic E-state index is 0.0573. The van der Waals surface area contributed by atoms with Gasteiger partial charge in [-0.3, -0.25) is 4.79 Å². The van der Waals surface area contributed by atoms with E-state index in [4.69, 9.17) is 0 Å². The molecule has 2 rings (SSSR count). The van der Waals surface area contributed by atoms with Crippen molar-refractivity contribution in [3.8, 4) is 0 Å². The highest BCUT2D eigenvalue weighted by atomic mass is 32.2. The molecule has 0 radical (unpaired) electrons. The Morgan fingerprint density at radius 1 is 1.29 bits per heavy atom. The molecule has 0 unspecified atom stereocenters. The van der Waals surface area contributed by atoms with Crippen LogP contribution in [0.3, 0.4) is 0 Å². The Balaban J connectivity index is 1.98. The third-order valence-electron chi connectivity index (χ3n) is 4.76. The van der Waals surface area contributed by atoms with E-state index in [1.54, 1.807) is 6.92 Å². The van der Waals surface area contributed by atoms with Crippen LogP contribution in [0.4, 0.5) is 0 Å². The summed E-state index contributed by atoms with van der Waals surface area (Å²) in [6.07, 6.45) is 2.46. The highest BCUT2D eigenvalue weighted by Gasteiger charge is 2.31. The molecular weight excluding hydrogens is 324 g/mol. The Labute approximate surface area is 145 Å². The van der Waals surface area contributed by atoms with Gasteiger partial charge in [0.2, 0.25) is 15.9 Å². The number of rotatable bonds is 6. The van der Waals surface area contributed by atoms with Crippen LogP contribution in [0.5, 0.6) is 0 Å². The SMILES string of the molecule is CCc1ccc([C@H](C)NC(=O)[C@@H]2CCCN(S(=O)(=O)CC)C2)cc1. The van der Waals surface area contributed by atoms with E-state index in [0.29, 0.717) is 13.1 Å². The number of carbonyl (C=O) groups excluding carboxylic acids is 1. The maximum absolute atomic E-state index is 12.5. The summed E-state index contributed by atoms with van der Waals surface area (Å²) in [5.41, 5.74) is 2.33. The molecule has 2 atom stereocenters. The van der Waals surface area contributed by atoms with Crippen molar-refractivity contribution >= 4 is 15.9 Å². The van der Waals surface area contributed by atoms with Crippen LogP contribution in [0.1, 0.15) is 50.8 Å². The number of sulfonamides is 1. The molecule has 1 N–H and O–H groups in total. The third kappa shape index (κ3) is 4.57. The molecule has 1 aliphatic rings. The van der Waals surface area contributed by atoms with Gasteiger partial charge in [0, 0.05) is 13.1 Å². The van der Waals surface area contributed by atoms with Crippen molar-refractivity contribution in [2.45, 2.75) is 46.1 Å². The van der Waals surface area contributed by atoms with Gasteiger partial charge in [0.25, 0.3) is 0 Å². The van der Waals surface area contributed by atoms with Gasteiger partial charge in [-0.25, -0.2) is 12.7 Å². The number of hydrogen-bond acceptors (Lipinski definition) is 3. The van der Waals surface area contributed by atoms with Crippen LogP contribution < -0.4 is 5.32 Å². The fraction of sp³-hybridized carbons (Fsp3) is 0.611. The van der Waals surface area contributed by atoms with Crippen LogP contribution >= 0.6 is 0 Å². The fourth-order valence-corrected chi connectivity index (χ4v) is 4.23. The molecule has 0 aromatic heterocycles. The second kappa shape index (κ2) is 8.12. The average Bonchev–Trinajstić information content (AvgIpc) is 2.61. The van der Waals surface area contributed by atoms with Crippen molar-refractivity contribution in [2.24, 2.45) is 5.92 Å². The minimum Gasteiger partial charge on any atom is -0.349 e. The number of benzene rings is 1. The third-order valence-corrected chi connectivity index (χ3v) is 6.61. The van der Waals surface area contributed by atoms with E-state index in [9.17, 15) is 13.2 Å². The molecule has 1 aromatic rings. The normalized spacial score (nSPS) is 20.5. The maximum atomic E-state index is 12.5. The quantitative estimate of drug-likeness (QED) is 0.855. The van der Waals surface area contributed by atoms with Crippen molar-refractivity contribution in [2.75, 3.05) is 18.8 Å². The van der Waals surface area contributed by atoms with E-state index >= 15 is 0 Å². The van der Waals surface area contributed by atoms with E-state index in [-0.39, 0.29) is 23.6 Å². The standard InChI is InChI=1S/C18H28N2O3S/c1-4-15-8-10-16(11-9-15)14(3)19-18(21)17-7-6-12-20(13-17)24(22,23)5-2/h8-11,14,17H,4-7,12-13H2,1-3H3,(H,19,21)/t14-,17+/m0/s1. The first-order chi connectivity index (χ1) is 11.4. The predicted molar refractivity (Wildman–Crippen MR) is 96.1 cm³/mol. The van der Waals surface area contributed by atoms with Gasteiger partial charge in [0.15, 0.2) is 0 Å². The number of nitrogens with zero attached hydrogens (tertiary/aromatic N) is 1. The summed E-state index contributed by atoms with van der Waals surface area (Å²) in [6.45, 7) is 6.53. The summed E-state index contributed by atoms with van der Waals surface area (Å²) in [6, 6.07) is 8.15. The molecule has 0 aliphatic carbocycles. The average molecular weight is 353 g/mol. The molecule has 1 amide bonds. The molecule has 0 spiro atoms. The van der Waals surface area contributed by atoms with Gasteiger partial charge in [-0.15, -0.1) is 0 Å². The zero-order valence-electron chi connectivity index (χ0n) is 14.8. The number of hydrogen-bond donors (Lipinski definition) is 1. The Bertz CT molecular complexity index is 655. The Hall–Kier alpha value is -1.40. The molecule has 1 aliphatic heterocycles. The number of aryl methyl sites for hydroxylation is 1. The lowest BCUT2D eigenvalue weighted by Gasteiger charge is -2.31. The molecule has 1 fully saturated rings. The lowest BCUT2D eigenvalue weighted by molar-refractivity contribution is -0.126. The van der Waals surface area contributed by atoms with E-state index in [2.05, 4.69) is 24.4 Å². The van der Waals surface area contributed by atoms with Gasteiger partial charge >= 0.3 is 0 Å². The summed E-state index contributed by atoms with van der Waals surface area (Å²) in [5, 5.41) is 3.03. The number of nitrogens with one attached hydrogen (secondary N) is 1. The van der Waals surface area contributed by atoms with Gasteiger partial charge in [0.05, 0.1) is 17.7 Å². The second-order valence-corrected chi connectivity index (χ2v) is 8.68. The van der Waals surface area contributed by atoms with Crippen LogP contribution in [0.15, 0.2) is 24.3 Å². The molecule has 0 saturated carbocycles. The molecule has 24 heavy (non-hydrogen) atoms. The van der Waals surface area contributed by atoms with Gasteiger partial charge in [0.1, 0.15) is 0 Å². The van der Waals surface area contributed by atoms with Crippen molar-refractivity contribution in [1.82, 2.24) is 9.62 Å². The van der Waals surface area contributed by atoms with E-state index in [1.807, 2.05) is 19.1 Å². The summed E-state index contributed by atoms with van der Waals surface area (Å²) >= 11 is 0. The predicted octanol–water partition coefficient (Wildman–Crippen LogP) is 2.49. The molecular formula is C18H28N2O3S. The summed E-state index contributed by atoms with van der Waals surface area (Å²) < 4.78 is 25.5. The van der Waals surface area contributed by atoms with Crippen LogP contribution in [0.25, 0.3) is 0 Å². The van der Waals surface area contributed by atoms with Crippen molar-refractivity contribution in [3.63, 3.8) is 0 Å². The molecule has 6 heteroatoms. The smallest absolute Gasteiger partial charge is 0.224 e. The van der Waals surface area contributed by atoms with Crippen LogP contribution in [-0.4, -0.2) is 37.5 Å². The largest absolute Gasteiger partial charge is 0.349 e. The van der Waals surface area contributed by atoms with Crippen LogP contribution in [0, 0.1) is 5.92 Å². The van der Waals surface area contributed by atoms with Crippen LogP contribution in [0.2, 0.25) is 0 Å². The van der Waals surface area contributed by atoms with Gasteiger partial charge in [-0.05, 0) is 44.2 Å². The fourth-order valence-electron chi connectivity index (χ4n) is 3.05. The van der Waals surface area contributed by atoms with E-state index < -0.39 is 10.0 Å². The van der Waals surface area contributed by atoms with Crippen molar-refractivity contribution in [1.29, 1.82) is 0 Å². The van der Waals surface area contributed by atoms with Crippen LogP contribution in [-0.2, 0) is 21.2 Å². The zero-order valence-corrected chi connectivity index (χ0v) is 15.6. The second-order valence-electron chi connectivity index (χ2n) is 6.42. The van der Waals surface area contributed by atoms with Gasteiger partial charge in [-0.2, -0.15) is 0 Å². The van der Waals surface area contributed by atoms with Crippen molar-refractivity contribution in [3.05, 3.63) is 35.4 Å². The van der Waals surface area contributed by atoms with Crippen molar-refractivity contribution < 1.29 is 13.2 Å². The highest BCUT2D eigenvalue weighted by molar-refractivity contribution is 7.89. The Kier molecular flexibility index (Phi) is 6.40. The lowest BCUT2D eigenvalue weighted by Crippen LogP contribution is -2.46. The number of carbonyl (C=O) groups is 1. The van der Waals surface area contributed by atoms with E-state index in [0.717, 1.165) is 24.8 Å². The minimum atomic E-state index is -3.22.